The van der Waals surface area contributed by atoms with Gasteiger partial charge in [-0.3, -0.25) is 0 Å². The van der Waals surface area contributed by atoms with Gasteiger partial charge in [-0.15, -0.1) is 11.3 Å². The molecule has 45 heavy (non-hydrogen) atoms. The Balaban J connectivity index is 1.13. The fourth-order valence-corrected chi connectivity index (χ4v) is 6.57. The molecule has 216 valence electrons. The molecule has 0 unspecified atom stereocenters. The fourth-order valence-electron chi connectivity index (χ4n) is 5.63. The molecule has 0 radical (unpaired) electrons. The molecular formula is C42H32N2S. The summed E-state index contributed by atoms with van der Waals surface area (Å²) in [5.41, 5.74) is 9.23. The van der Waals surface area contributed by atoms with Gasteiger partial charge >= 0.3 is 0 Å². The van der Waals surface area contributed by atoms with Gasteiger partial charge in [-0.25, -0.2) is 0 Å². The van der Waals surface area contributed by atoms with Crippen LogP contribution in [-0.2, 0) is 0 Å². The summed E-state index contributed by atoms with van der Waals surface area (Å²) in [7, 11) is 0. The molecule has 1 aromatic heterocycles. The number of benzene rings is 6. The minimum absolute atomic E-state index is 1.13. The van der Waals surface area contributed by atoms with Crippen molar-refractivity contribution in [2.45, 2.75) is 0 Å². The first-order valence-electron chi connectivity index (χ1n) is 15.1. The Bertz CT molecular complexity index is 1950. The summed E-state index contributed by atoms with van der Waals surface area (Å²) in [6, 6.07) is 57.6. The quantitative estimate of drug-likeness (QED) is 0.153. The van der Waals surface area contributed by atoms with Crippen molar-refractivity contribution in [2.75, 3.05) is 9.80 Å². The molecule has 0 aliphatic carbocycles. The van der Waals surface area contributed by atoms with E-state index in [9.17, 15) is 0 Å². The standard InChI is InChI=1S/C42H32N2S/c1-5-17-35(18-6-1)43(36-19-7-2-8-20-36)39-28-25-33(26-29-39)15-13-14-16-34-27-30-41(42-40(34)31-32-45-42)44(37-21-9-3-10-22-37)38-23-11-4-12-24-38/h1-32H. The van der Waals surface area contributed by atoms with E-state index in [1.54, 1.807) is 11.3 Å². The molecule has 0 spiro atoms. The van der Waals surface area contributed by atoms with Crippen LogP contribution >= 0.6 is 11.3 Å². The van der Waals surface area contributed by atoms with Crippen molar-refractivity contribution in [1.82, 2.24) is 0 Å². The normalized spacial score (nSPS) is 11.4. The van der Waals surface area contributed by atoms with Gasteiger partial charge in [0.1, 0.15) is 0 Å². The maximum absolute atomic E-state index is 2.34. The van der Waals surface area contributed by atoms with Crippen molar-refractivity contribution in [2.24, 2.45) is 0 Å². The third-order valence-electron chi connectivity index (χ3n) is 7.75. The zero-order valence-electron chi connectivity index (χ0n) is 24.8. The number of allylic oxidation sites excluding steroid dienone is 2. The first-order chi connectivity index (χ1) is 22.3. The highest BCUT2D eigenvalue weighted by Crippen LogP contribution is 2.42. The Morgan fingerprint density at radius 3 is 1.40 bits per heavy atom. The monoisotopic (exact) mass is 596 g/mol. The van der Waals surface area contributed by atoms with E-state index >= 15 is 0 Å². The van der Waals surface area contributed by atoms with E-state index in [0.717, 1.165) is 34.0 Å². The zero-order chi connectivity index (χ0) is 30.3. The second-order valence-electron chi connectivity index (χ2n) is 10.7. The predicted molar refractivity (Wildman–Crippen MR) is 196 cm³/mol. The summed E-state index contributed by atoms with van der Waals surface area (Å²) in [5, 5.41) is 3.44. The van der Waals surface area contributed by atoms with Crippen LogP contribution in [0.4, 0.5) is 34.1 Å². The van der Waals surface area contributed by atoms with Crippen LogP contribution in [0.3, 0.4) is 0 Å². The van der Waals surface area contributed by atoms with Gasteiger partial charge in [0.05, 0.1) is 10.4 Å². The van der Waals surface area contributed by atoms with Crippen LogP contribution in [0.2, 0.25) is 0 Å². The first kappa shape index (κ1) is 28.1. The summed E-state index contributed by atoms with van der Waals surface area (Å²) >= 11 is 1.78. The molecule has 0 saturated carbocycles. The lowest BCUT2D eigenvalue weighted by Gasteiger charge is -2.26. The van der Waals surface area contributed by atoms with Crippen molar-refractivity contribution in [3.63, 3.8) is 0 Å². The van der Waals surface area contributed by atoms with Gasteiger partial charge in [0, 0.05) is 33.8 Å². The van der Waals surface area contributed by atoms with Gasteiger partial charge < -0.3 is 9.80 Å². The van der Waals surface area contributed by atoms with Crippen molar-refractivity contribution in [3.8, 4) is 0 Å². The number of fused-ring (bicyclic) bond motifs is 1. The highest BCUT2D eigenvalue weighted by molar-refractivity contribution is 7.18. The summed E-state index contributed by atoms with van der Waals surface area (Å²) < 4.78 is 1.27. The van der Waals surface area contributed by atoms with Crippen molar-refractivity contribution >= 4 is 67.7 Å². The van der Waals surface area contributed by atoms with E-state index in [2.05, 4.69) is 203 Å². The second kappa shape index (κ2) is 13.3. The average Bonchev–Trinajstić information content (AvgIpc) is 3.61. The van der Waals surface area contributed by atoms with Crippen LogP contribution in [0.1, 0.15) is 11.1 Å². The molecule has 0 atom stereocenters. The topological polar surface area (TPSA) is 6.48 Å². The highest BCUT2D eigenvalue weighted by atomic mass is 32.1. The van der Waals surface area contributed by atoms with E-state index in [1.807, 2.05) is 0 Å². The number of nitrogens with zero attached hydrogens (tertiary/aromatic N) is 2. The summed E-state index contributed by atoms with van der Waals surface area (Å²) in [6.45, 7) is 0. The molecule has 0 aliphatic heterocycles. The van der Waals surface area contributed by atoms with Gasteiger partial charge in [-0.1, -0.05) is 115 Å². The number of hydrogen-bond acceptors (Lipinski definition) is 3. The second-order valence-corrected chi connectivity index (χ2v) is 11.6. The van der Waals surface area contributed by atoms with Gasteiger partial charge in [-0.05, 0) is 89.3 Å². The van der Waals surface area contributed by atoms with Gasteiger partial charge in [0.15, 0.2) is 0 Å². The van der Waals surface area contributed by atoms with Crippen LogP contribution < -0.4 is 9.80 Å². The lowest BCUT2D eigenvalue weighted by atomic mass is 10.1. The maximum atomic E-state index is 2.34. The van der Waals surface area contributed by atoms with Gasteiger partial charge in [0.2, 0.25) is 0 Å². The Labute approximate surface area is 269 Å². The van der Waals surface area contributed by atoms with E-state index in [1.165, 1.54) is 21.3 Å². The van der Waals surface area contributed by atoms with E-state index in [0.29, 0.717) is 0 Å². The van der Waals surface area contributed by atoms with Crippen molar-refractivity contribution in [3.05, 3.63) is 192 Å². The molecule has 7 aromatic rings. The van der Waals surface area contributed by atoms with Crippen LogP contribution in [0.5, 0.6) is 0 Å². The molecule has 7 rings (SSSR count). The Morgan fingerprint density at radius 2 is 0.867 bits per heavy atom. The summed E-state index contributed by atoms with van der Waals surface area (Å²) in [4.78, 5) is 4.62. The maximum Gasteiger partial charge on any atom is 0.0640 e. The molecule has 0 fully saturated rings. The van der Waals surface area contributed by atoms with E-state index in [-0.39, 0.29) is 0 Å². The smallest absolute Gasteiger partial charge is 0.0640 e. The number of anilines is 6. The minimum atomic E-state index is 1.13. The third kappa shape index (κ3) is 6.21. The predicted octanol–water partition coefficient (Wildman–Crippen LogP) is 12.6. The van der Waals surface area contributed by atoms with Crippen molar-refractivity contribution < 1.29 is 0 Å². The SMILES string of the molecule is C(C=Cc1ccc(N(c2ccccc2)c2ccccc2)c2sccc12)=Cc1ccc(N(c2ccccc2)c2ccccc2)cc1. The third-order valence-corrected chi connectivity index (χ3v) is 8.69. The number of hydrogen-bond donors (Lipinski definition) is 0. The summed E-state index contributed by atoms with van der Waals surface area (Å²) in [6.07, 6.45) is 8.60. The molecule has 0 aliphatic rings. The van der Waals surface area contributed by atoms with Crippen LogP contribution in [0.15, 0.2) is 181 Å². The Hall–Kier alpha value is -5.64. The lowest BCUT2D eigenvalue weighted by Crippen LogP contribution is -2.09. The molecule has 3 heteroatoms. The molecule has 0 amide bonds. The highest BCUT2D eigenvalue weighted by Gasteiger charge is 2.16. The van der Waals surface area contributed by atoms with E-state index < -0.39 is 0 Å². The first-order valence-corrected chi connectivity index (χ1v) is 16.0. The summed E-state index contributed by atoms with van der Waals surface area (Å²) in [5.74, 6) is 0. The molecule has 0 N–H and O–H groups in total. The number of para-hydroxylation sites is 4. The lowest BCUT2D eigenvalue weighted by molar-refractivity contribution is 1.28. The minimum Gasteiger partial charge on any atom is -0.311 e. The number of rotatable bonds is 9. The molecule has 2 nitrogen and oxygen atoms in total. The van der Waals surface area contributed by atoms with E-state index in [4.69, 9.17) is 0 Å². The van der Waals surface area contributed by atoms with Crippen LogP contribution in [0.25, 0.3) is 22.2 Å². The van der Waals surface area contributed by atoms with Gasteiger partial charge in [-0.2, -0.15) is 0 Å². The van der Waals surface area contributed by atoms with Crippen LogP contribution in [0, 0.1) is 0 Å². The average molecular weight is 597 g/mol. The van der Waals surface area contributed by atoms with Crippen LogP contribution in [-0.4, -0.2) is 0 Å². The Kier molecular flexibility index (Phi) is 8.34. The molecule has 6 aromatic carbocycles. The molecule has 0 bridgehead atoms. The molecule has 0 saturated heterocycles. The zero-order valence-corrected chi connectivity index (χ0v) is 25.6. The Morgan fingerprint density at radius 1 is 0.400 bits per heavy atom. The van der Waals surface area contributed by atoms with Crippen molar-refractivity contribution in [1.29, 1.82) is 0 Å². The molecule has 1 heterocycles. The number of thiophene rings is 1. The largest absolute Gasteiger partial charge is 0.311 e. The molecular weight excluding hydrogens is 565 g/mol. The fraction of sp³-hybridized carbons (Fsp3) is 0. The van der Waals surface area contributed by atoms with Gasteiger partial charge in [0.25, 0.3) is 0 Å².